The number of ether oxygens (including phenoxy) is 1. The van der Waals surface area contributed by atoms with E-state index >= 15 is 0 Å². The zero-order valence-electron chi connectivity index (χ0n) is 11.8. The molecule has 0 aromatic heterocycles. The van der Waals surface area contributed by atoms with Crippen LogP contribution in [0.3, 0.4) is 0 Å². The highest BCUT2D eigenvalue weighted by Gasteiger charge is 2.24. The number of hydrogen-bond acceptors (Lipinski definition) is 5. The molecule has 7 nitrogen and oxygen atoms in total. The van der Waals surface area contributed by atoms with Gasteiger partial charge >= 0.3 is 5.97 Å². The number of carbonyl (C=O) groups is 1. The lowest BCUT2D eigenvalue weighted by Gasteiger charge is -2.33. The van der Waals surface area contributed by atoms with E-state index < -0.39 is 10.9 Å². The number of nitrogens with zero attached hydrogens (tertiary/aromatic N) is 2. The van der Waals surface area contributed by atoms with Crippen molar-refractivity contribution in [3.63, 3.8) is 0 Å². The highest BCUT2D eigenvalue weighted by molar-refractivity contribution is 5.95. The summed E-state index contributed by atoms with van der Waals surface area (Å²) < 4.78 is 5.56. The Morgan fingerprint density at radius 1 is 1.48 bits per heavy atom. The maximum Gasteiger partial charge on any atom is 0.337 e. The van der Waals surface area contributed by atoms with Crippen LogP contribution in [0.25, 0.3) is 0 Å². The van der Waals surface area contributed by atoms with Crippen molar-refractivity contribution in [1.29, 1.82) is 0 Å². The number of carboxylic acids is 1. The average Bonchev–Trinajstić information content (AvgIpc) is 2.47. The first-order valence-electron chi connectivity index (χ1n) is 6.91. The van der Waals surface area contributed by atoms with Gasteiger partial charge in [-0.15, -0.1) is 0 Å². The summed E-state index contributed by atoms with van der Waals surface area (Å²) in [5, 5.41) is 20.1. The second kappa shape index (κ2) is 6.53. The monoisotopic (exact) mass is 294 g/mol. The van der Waals surface area contributed by atoms with Crippen molar-refractivity contribution in [3.8, 4) is 0 Å². The van der Waals surface area contributed by atoms with Crippen LogP contribution in [0.15, 0.2) is 18.2 Å². The molecule has 1 saturated heterocycles. The molecule has 1 fully saturated rings. The van der Waals surface area contributed by atoms with Gasteiger partial charge in [-0.25, -0.2) is 4.79 Å². The molecule has 0 saturated carbocycles. The van der Waals surface area contributed by atoms with Gasteiger partial charge in [0.25, 0.3) is 5.69 Å². The molecule has 2 rings (SSSR count). The first kappa shape index (κ1) is 15.2. The van der Waals surface area contributed by atoms with Gasteiger partial charge in [0.2, 0.25) is 0 Å². The quantitative estimate of drug-likeness (QED) is 0.661. The van der Waals surface area contributed by atoms with E-state index in [1.165, 1.54) is 18.2 Å². The first-order chi connectivity index (χ1) is 10.0. The smallest absolute Gasteiger partial charge is 0.337 e. The molecule has 1 aromatic rings. The molecule has 0 bridgehead atoms. The topological polar surface area (TPSA) is 92.9 Å². The number of rotatable bonds is 5. The highest BCUT2D eigenvalue weighted by atomic mass is 16.6. The Kier molecular flexibility index (Phi) is 4.74. The Balaban J connectivity index is 2.23. The molecule has 1 heterocycles. The molecular weight excluding hydrogens is 276 g/mol. The second-order valence-electron chi connectivity index (χ2n) is 4.91. The standard InChI is InChI=1S/C14H18N2O5/c1-2-21-11-5-7-15(8-6-11)13-9-10(16(19)20)3-4-12(13)14(17)18/h3-4,9,11H,2,5-8H2,1H3,(H,17,18). The Morgan fingerprint density at radius 2 is 2.14 bits per heavy atom. The third-order valence-corrected chi connectivity index (χ3v) is 3.61. The summed E-state index contributed by atoms with van der Waals surface area (Å²) in [5.74, 6) is -1.08. The number of nitro groups is 1. The van der Waals surface area contributed by atoms with E-state index in [9.17, 15) is 20.0 Å². The van der Waals surface area contributed by atoms with Gasteiger partial charge in [0.15, 0.2) is 0 Å². The van der Waals surface area contributed by atoms with Gasteiger partial charge < -0.3 is 14.7 Å². The van der Waals surface area contributed by atoms with Crippen molar-refractivity contribution in [2.75, 3.05) is 24.6 Å². The minimum atomic E-state index is -1.08. The van der Waals surface area contributed by atoms with Crippen LogP contribution < -0.4 is 4.90 Å². The molecular formula is C14H18N2O5. The number of anilines is 1. The van der Waals surface area contributed by atoms with E-state index in [4.69, 9.17) is 4.74 Å². The average molecular weight is 294 g/mol. The fraction of sp³-hybridized carbons (Fsp3) is 0.500. The third-order valence-electron chi connectivity index (χ3n) is 3.61. The lowest BCUT2D eigenvalue weighted by Crippen LogP contribution is -2.37. The van der Waals surface area contributed by atoms with Gasteiger partial charge in [-0.3, -0.25) is 10.1 Å². The Hall–Kier alpha value is -2.15. The fourth-order valence-corrected chi connectivity index (χ4v) is 2.58. The summed E-state index contributed by atoms with van der Waals surface area (Å²) in [6.07, 6.45) is 1.75. The fourth-order valence-electron chi connectivity index (χ4n) is 2.58. The lowest BCUT2D eigenvalue weighted by molar-refractivity contribution is -0.384. The summed E-state index contributed by atoms with van der Waals surface area (Å²) in [6, 6.07) is 3.86. The van der Waals surface area contributed by atoms with E-state index in [0.29, 0.717) is 25.4 Å². The van der Waals surface area contributed by atoms with Crippen molar-refractivity contribution >= 4 is 17.3 Å². The van der Waals surface area contributed by atoms with Crippen LogP contribution in [0.2, 0.25) is 0 Å². The SMILES string of the molecule is CCOC1CCN(c2cc([N+](=O)[O-])ccc2C(=O)O)CC1. The molecule has 0 unspecified atom stereocenters. The zero-order chi connectivity index (χ0) is 15.4. The molecule has 1 aliphatic rings. The number of aromatic carboxylic acids is 1. The normalized spacial score (nSPS) is 16.0. The maximum absolute atomic E-state index is 11.3. The molecule has 1 aliphatic heterocycles. The van der Waals surface area contributed by atoms with Gasteiger partial charge in [-0.05, 0) is 25.8 Å². The molecule has 21 heavy (non-hydrogen) atoms. The predicted octanol–water partition coefficient (Wildman–Crippen LogP) is 2.30. The summed E-state index contributed by atoms with van der Waals surface area (Å²) >= 11 is 0. The number of benzene rings is 1. The molecule has 1 aromatic carbocycles. The molecule has 114 valence electrons. The molecule has 0 radical (unpaired) electrons. The van der Waals surface area contributed by atoms with Crippen LogP contribution in [0.1, 0.15) is 30.1 Å². The largest absolute Gasteiger partial charge is 0.478 e. The van der Waals surface area contributed by atoms with Crippen LogP contribution in [0.5, 0.6) is 0 Å². The molecule has 0 aliphatic carbocycles. The Bertz CT molecular complexity index is 538. The van der Waals surface area contributed by atoms with Crippen LogP contribution in [-0.4, -0.2) is 41.8 Å². The van der Waals surface area contributed by atoms with E-state index in [1.807, 2.05) is 11.8 Å². The summed E-state index contributed by atoms with van der Waals surface area (Å²) in [5.41, 5.74) is 0.407. The van der Waals surface area contributed by atoms with Crippen LogP contribution >= 0.6 is 0 Å². The number of hydrogen-bond donors (Lipinski definition) is 1. The molecule has 0 amide bonds. The van der Waals surface area contributed by atoms with Crippen LogP contribution in [0.4, 0.5) is 11.4 Å². The van der Waals surface area contributed by atoms with Gasteiger partial charge in [0, 0.05) is 31.8 Å². The second-order valence-corrected chi connectivity index (χ2v) is 4.91. The van der Waals surface area contributed by atoms with Gasteiger partial charge in [0.1, 0.15) is 0 Å². The van der Waals surface area contributed by atoms with Crippen molar-refractivity contribution in [2.24, 2.45) is 0 Å². The van der Waals surface area contributed by atoms with E-state index in [2.05, 4.69) is 0 Å². The minimum Gasteiger partial charge on any atom is -0.478 e. The Labute approximate surface area is 122 Å². The number of non-ortho nitro benzene ring substituents is 1. The molecule has 0 atom stereocenters. The maximum atomic E-state index is 11.3. The van der Waals surface area contributed by atoms with E-state index in [-0.39, 0.29) is 17.4 Å². The first-order valence-corrected chi connectivity index (χ1v) is 6.91. The van der Waals surface area contributed by atoms with Crippen molar-refractivity contribution < 1.29 is 19.6 Å². The molecule has 1 N–H and O–H groups in total. The minimum absolute atomic E-state index is 0.0930. The molecule has 7 heteroatoms. The summed E-state index contributed by atoms with van der Waals surface area (Å²) in [4.78, 5) is 23.5. The van der Waals surface area contributed by atoms with Gasteiger partial charge in [-0.2, -0.15) is 0 Å². The zero-order valence-corrected chi connectivity index (χ0v) is 11.8. The summed E-state index contributed by atoms with van der Waals surface area (Å²) in [6.45, 7) is 3.86. The molecule has 0 spiro atoms. The lowest BCUT2D eigenvalue weighted by atomic mass is 10.0. The van der Waals surface area contributed by atoms with Crippen LogP contribution in [0, 0.1) is 10.1 Å². The number of nitro benzene ring substituents is 1. The van der Waals surface area contributed by atoms with Gasteiger partial charge in [0.05, 0.1) is 22.3 Å². The van der Waals surface area contributed by atoms with Crippen LogP contribution in [-0.2, 0) is 4.74 Å². The van der Waals surface area contributed by atoms with Crippen molar-refractivity contribution in [1.82, 2.24) is 0 Å². The highest BCUT2D eigenvalue weighted by Crippen LogP contribution is 2.29. The number of piperidine rings is 1. The van der Waals surface area contributed by atoms with Gasteiger partial charge in [-0.1, -0.05) is 0 Å². The van der Waals surface area contributed by atoms with E-state index in [0.717, 1.165) is 12.8 Å². The third kappa shape index (κ3) is 3.49. The number of carboxylic acid groups (broad SMARTS) is 1. The van der Waals surface area contributed by atoms with E-state index in [1.54, 1.807) is 0 Å². The van der Waals surface area contributed by atoms with Crippen molar-refractivity contribution in [2.45, 2.75) is 25.9 Å². The predicted molar refractivity (Wildman–Crippen MR) is 76.9 cm³/mol. The van der Waals surface area contributed by atoms with Crippen molar-refractivity contribution in [3.05, 3.63) is 33.9 Å². The summed E-state index contributed by atoms with van der Waals surface area (Å²) in [7, 11) is 0. The Morgan fingerprint density at radius 3 is 2.67 bits per heavy atom.